The number of halogens is 1. The van der Waals surface area contributed by atoms with Crippen LogP contribution >= 0.6 is 11.6 Å². The maximum Gasteiger partial charge on any atom is 0.311 e. The van der Waals surface area contributed by atoms with Gasteiger partial charge in [0.15, 0.2) is 0 Å². The normalized spacial score (nSPS) is 11.9. The first-order valence-corrected chi connectivity index (χ1v) is 5.93. The van der Waals surface area contributed by atoms with Crippen molar-refractivity contribution < 1.29 is 4.92 Å². The van der Waals surface area contributed by atoms with E-state index in [1.165, 1.54) is 12.1 Å². The summed E-state index contributed by atoms with van der Waals surface area (Å²) in [6.45, 7) is 1.86. The van der Waals surface area contributed by atoms with Crippen molar-refractivity contribution in [1.82, 2.24) is 9.97 Å². The van der Waals surface area contributed by atoms with E-state index >= 15 is 0 Å². The van der Waals surface area contributed by atoms with Crippen LogP contribution in [0.3, 0.4) is 0 Å². The van der Waals surface area contributed by atoms with Crippen LogP contribution in [0.4, 0.5) is 11.5 Å². The van der Waals surface area contributed by atoms with Gasteiger partial charge in [0.05, 0.1) is 11.0 Å². The Labute approximate surface area is 114 Å². The van der Waals surface area contributed by atoms with Gasteiger partial charge in [-0.3, -0.25) is 15.1 Å². The third-order valence-electron chi connectivity index (χ3n) is 2.57. The molecule has 0 aromatic carbocycles. The molecule has 2 rings (SSSR count). The Hall–Kier alpha value is -2.21. The highest BCUT2D eigenvalue weighted by Crippen LogP contribution is 2.27. The van der Waals surface area contributed by atoms with Gasteiger partial charge in [0.2, 0.25) is 5.82 Å². The molecule has 0 saturated carbocycles. The number of nitrogens with one attached hydrogen (secondary N) is 1. The van der Waals surface area contributed by atoms with Crippen molar-refractivity contribution in [3.05, 3.63) is 57.5 Å². The zero-order valence-electron chi connectivity index (χ0n) is 10.1. The summed E-state index contributed by atoms with van der Waals surface area (Å²) in [5.74, 6) is 0.147. The fourth-order valence-corrected chi connectivity index (χ4v) is 1.75. The molecule has 2 aromatic rings. The Morgan fingerprint density at radius 1 is 1.42 bits per heavy atom. The Morgan fingerprint density at radius 2 is 2.21 bits per heavy atom. The Balaban J connectivity index is 2.28. The summed E-state index contributed by atoms with van der Waals surface area (Å²) in [7, 11) is 0. The number of rotatable bonds is 4. The second kappa shape index (κ2) is 5.62. The molecule has 7 heteroatoms. The van der Waals surface area contributed by atoms with Crippen molar-refractivity contribution in [2.24, 2.45) is 0 Å². The molecule has 2 heterocycles. The third kappa shape index (κ3) is 3.17. The zero-order valence-corrected chi connectivity index (χ0v) is 10.8. The lowest BCUT2D eigenvalue weighted by Gasteiger charge is -2.14. The van der Waals surface area contributed by atoms with Crippen molar-refractivity contribution >= 4 is 23.1 Å². The molecule has 6 nitrogen and oxygen atoms in total. The summed E-state index contributed by atoms with van der Waals surface area (Å²) in [6.07, 6.45) is 3.35. The van der Waals surface area contributed by atoms with Crippen molar-refractivity contribution in [3.8, 4) is 0 Å². The first-order chi connectivity index (χ1) is 9.08. The summed E-state index contributed by atoms with van der Waals surface area (Å²) in [4.78, 5) is 18.4. The average Bonchev–Trinajstić information content (AvgIpc) is 2.39. The standard InChI is InChI=1S/C12H11ClN4O2/c1-8(9-3-2-6-14-7-9)15-12-10(17(18)19)4-5-11(13)16-12/h2-8H,1H3,(H,15,16). The molecule has 1 unspecified atom stereocenters. The molecule has 0 radical (unpaired) electrons. The molecular formula is C12H11ClN4O2. The Kier molecular flexibility index (Phi) is 3.91. The molecule has 0 aliphatic heterocycles. The topological polar surface area (TPSA) is 81.0 Å². The van der Waals surface area contributed by atoms with E-state index in [9.17, 15) is 10.1 Å². The van der Waals surface area contributed by atoms with Gasteiger partial charge in [-0.2, -0.15) is 0 Å². The number of aromatic nitrogens is 2. The van der Waals surface area contributed by atoms with E-state index in [2.05, 4.69) is 15.3 Å². The van der Waals surface area contributed by atoms with E-state index < -0.39 is 4.92 Å². The van der Waals surface area contributed by atoms with E-state index in [0.29, 0.717) is 0 Å². The molecule has 0 spiro atoms. The molecule has 0 aliphatic carbocycles. The fourth-order valence-electron chi connectivity index (χ4n) is 1.60. The molecule has 1 atom stereocenters. The van der Waals surface area contributed by atoms with Crippen molar-refractivity contribution in [2.45, 2.75) is 13.0 Å². The van der Waals surface area contributed by atoms with Crippen molar-refractivity contribution in [3.63, 3.8) is 0 Å². The highest BCUT2D eigenvalue weighted by molar-refractivity contribution is 6.29. The van der Waals surface area contributed by atoms with Crippen molar-refractivity contribution in [2.75, 3.05) is 5.32 Å². The fraction of sp³-hybridized carbons (Fsp3) is 0.167. The minimum absolute atomic E-state index is 0.111. The second-order valence-electron chi connectivity index (χ2n) is 3.91. The SMILES string of the molecule is CC(Nc1nc(Cl)ccc1[N+](=O)[O-])c1cccnc1. The quantitative estimate of drug-likeness (QED) is 0.527. The van der Waals surface area contributed by atoms with E-state index in [0.717, 1.165) is 5.56 Å². The molecule has 2 aromatic heterocycles. The summed E-state index contributed by atoms with van der Waals surface area (Å²) in [5, 5.41) is 14.1. The molecule has 0 saturated heterocycles. The van der Waals surface area contributed by atoms with Gasteiger partial charge in [-0.05, 0) is 24.6 Å². The number of anilines is 1. The molecule has 0 aliphatic rings. The largest absolute Gasteiger partial charge is 0.358 e. The van der Waals surface area contributed by atoms with Crippen LogP contribution in [-0.4, -0.2) is 14.9 Å². The highest BCUT2D eigenvalue weighted by Gasteiger charge is 2.18. The smallest absolute Gasteiger partial charge is 0.311 e. The molecular weight excluding hydrogens is 268 g/mol. The predicted octanol–water partition coefficient (Wildman–Crippen LogP) is 3.21. The third-order valence-corrected chi connectivity index (χ3v) is 2.78. The Bertz CT molecular complexity index is 592. The average molecular weight is 279 g/mol. The van der Waals surface area contributed by atoms with Crippen molar-refractivity contribution in [1.29, 1.82) is 0 Å². The van der Waals surface area contributed by atoms with Crippen LogP contribution in [0.15, 0.2) is 36.7 Å². The maximum atomic E-state index is 10.9. The van der Waals surface area contributed by atoms with Crippen LogP contribution in [0.1, 0.15) is 18.5 Å². The molecule has 1 N–H and O–H groups in total. The van der Waals surface area contributed by atoms with Gasteiger partial charge in [0.1, 0.15) is 5.15 Å². The van der Waals surface area contributed by atoms with Crippen LogP contribution < -0.4 is 5.32 Å². The van der Waals surface area contributed by atoms with Gasteiger partial charge in [-0.25, -0.2) is 4.98 Å². The number of hydrogen-bond acceptors (Lipinski definition) is 5. The number of pyridine rings is 2. The monoisotopic (exact) mass is 278 g/mol. The zero-order chi connectivity index (χ0) is 13.8. The first kappa shape index (κ1) is 13.2. The summed E-state index contributed by atoms with van der Waals surface area (Å²) in [5.41, 5.74) is 0.790. The molecule has 19 heavy (non-hydrogen) atoms. The van der Waals surface area contributed by atoms with Gasteiger partial charge < -0.3 is 5.32 Å². The summed E-state index contributed by atoms with van der Waals surface area (Å²) >= 11 is 5.76. The van der Waals surface area contributed by atoms with E-state index in [4.69, 9.17) is 11.6 Å². The highest BCUT2D eigenvalue weighted by atomic mass is 35.5. The lowest BCUT2D eigenvalue weighted by Crippen LogP contribution is -2.10. The van der Waals surface area contributed by atoms with Gasteiger partial charge >= 0.3 is 5.69 Å². The number of hydrogen-bond donors (Lipinski definition) is 1. The predicted molar refractivity (Wildman–Crippen MR) is 72.2 cm³/mol. The lowest BCUT2D eigenvalue weighted by molar-refractivity contribution is -0.384. The summed E-state index contributed by atoms with van der Waals surface area (Å²) < 4.78 is 0. The van der Waals surface area contributed by atoms with Gasteiger partial charge in [0.25, 0.3) is 0 Å². The van der Waals surface area contributed by atoms with Gasteiger partial charge in [-0.15, -0.1) is 0 Å². The second-order valence-corrected chi connectivity index (χ2v) is 4.30. The van der Waals surface area contributed by atoms with Crippen LogP contribution in [-0.2, 0) is 0 Å². The van der Waals surface area contributed by atoms with E-state index in [1.807, 2.05) is 13.0 Å². The van der Waals surface area contributed by atoms with Gasteiger partial charge in [0, 0.05) is 18.5 Å². The van der Waals surface area contributed by atoms with Gasteiger partial charge in [-0.1, -0.05) is 17.7 Å². The molecule has 98 valence electrons. The Morgan fingerprint density at radius 3 is 2.84 bits per heavy atom. The molecule has 0 bridgehead atoms. The minimum atomic E-state index is -0.498. The summed E-state index contributed by atoms with van der Waals surface area (Å²) in [6, 6.07) is 6.22. The van der Waals surface area contributed by atoms with Crippen LogP contribution in [0.25, 0.3) is 0 Å². The molecule has 0 fully saturated rings. The van der Waals surface area contributed by atoms with Crippen LogP contribution in [0, 0.1) is 10.1 Å². The first-order valence-electron chi connectivity index (χ1n) is 5.55. The maximum absolute atomic E-state index is 10.9. The van der Waals surface area contributed by atoms with Crippen LogP contribution in [0.2, 0.25) is 5.15 Å². The molecule has 0 amide bonds. The van der Waals surface area contributed by atoms with E-state index in [1.54, 1.807) is 18.5 Å². The number of nitrogens with zero attached hydrogens (tertiary/aromatic N) is 3. The minimum Gasteiger partial charge on any atom is -0.358 e. The van der Waals surface area contributed by atoms with Crippen LogP contribution in [0.5, 0.6) is 0 Å². The lowest BCUT2D eigenvalue weighted by atomic mass is 10.1. The number of nitro groups is 1. The van der Waals surface area contributed by atoms with E-state index in [-0.39, 0.29) is 22.7 Å².